The third-order valence-electron chi connectivity index (χ3n) is 4.02. The minimum Gasteiger partial charge on any atom is -0.340 e. The lowest BCUT2D eigenvalue weighted by Gasteiger charge is -2.43. The summed E-state index contributed by atoms with van der Waals surface area (Å²) in [6, 6.07) is 3.20. The summed E-state index contributed by atoms with van der Waals surface area (Å²) in [5.41, 5.74) is 1.52. The van der Waals surface area contributed by atoms with Crippen LogP contribution in [0.15, 0.2) is 12.1 Å². The molecule has 2 atom stereocenters. The molecule has 2 rings (SSSR count). The van der Waals surface area contributed by atoms with Crippen LogP contribution in [-0.4, -0.2) is 28.4 Å². The molecule has 2 amide bonds. The van der Waals surface area contributed by atoms with Gasteiger partial charge in [-0.1, -0.05) is 6.92 Å². The molecule has 1 N–H and O–H groups in total. The van der Waals surface area contributed by atoms with Gasteiger partial charge in [-0.25, -0.2) is 0 Å². The Morgan fingerprint density at radius 3 is 2.55 bits per heavy atom. The normalized spacial score (nSPS) is 26.6. The van der Waals surface area contributed by atoms with E-state index in [-0.39, 0.29) is 11.8 Å². The van der Waals surface area contributed by atoms with Crippen molar-refractivity contribution in [3.05, 3.63) is 23.5 Å². The average Bonchev–Trinajstić information content (AvgIpc) is 2.39. The van der Waals surface area contributed by atoms with Gasteiger partial charge in [-0.3, -0.25) is 19.5 Å². The van der Waals surface area contributed by atoms with Crippen molar-refractivity contribution < 1.29 is 9.59 Å². The van der Waals surface area contributed by atoms with E-state index in [9.17, 15) is 9.59 Å². The SMILES string of the molecule is CCC1(C)NC(=O)C(C)N(c2ccc(C)nc2C)C1=O. The number of aromatic nitrogens is 1. The van der Waals surface area contributed by atoms with Crippen molar-refractivity contribution in [2.24, 2.45) is 0 Å². The highest BCUT2D eigenvalue weighted by atomic mass is 16.2. The van der Waals surface area contributed by atoms with Gasteiger partial charge >= 0.3 is 0 Å². The molecule has 1 saturated heterocycles. The van der Waals surface area contributed by atoms with Crippen molar-refractivity contribution in [3.63, 3.8) is 0 Å². The monoisotopic (exact) mass is 275 g/mol. The van der Waals surface area contributed by atoms with Crippen LogP contribution in [0.1, 0.15) is 38.6 Å². The predicted octanol–water partition coefficient (Wildman–Crippen LogP) is 1.72. The van der Waals surface area contributed by atoms with Crippen molar-refractivity contribution in [3.8, 4) is 0 Å². The van der Waals surface area contributed by atoms with E-state index in [2.05, 4.69) is 10.3 Å². The lowest BCUT2D eigenvalue weighted by molar-refractivity contribution is -0.137. The molecule has 0 aromatic carbocycles. The van der Waals surface area contributed by atoms with Crippen LogP contribution in [0, 0.1) is 13.8 Å². The average molecular weight is 275 g/mol. The zero-order chi connectivity index (χ0) is 15.1. The highest BCUT2D eigenvalue weighted by Crippen LogP contribution is 2.29. The van der Waals surface area contributed by atoms with Gasteiger partial charge in [-0.2, -0.15) is 0 Å². The van der Waals surface area contributed by atoms with E-state index < -0.39 is 11.6 Å². The summed E-state index contributed by atoms with van der Waals surface area (Å²) < 4.78 is 0. The molecule has 1 aromatic rings. The van der Waals surface area contributed by atoms with E-state index in [1.54, 1.807) is 18.7 Å². The number of piperazine rings is 1. The van der Waals surface area contributed by atoms with Gasteiger partial charge < -0.3 is 5.32 Å². The predicted molar refractivity (Wildman–Crippen MR) is 77.5 cm³/mol. The number of aryl methyl sites for hydroxylation is 2. The molecule has 0 bridgehead atoms. The second-order valence-corrected chi connectivity index (χ2v) is 5.58. The number of carbonyl (C=O) groups is 2. The van der Waals surface area contributed by atoms with E-state index in [1.807, 2.05) is 32.9 Å². The number of nitrogens with zero attached hydrogens (tertiary/aromatic N) is 2. The molecule has 5 heteroatoms. The number of carbonyl (C=O) groups excluding carboxylic acids is 2. The summed E-state index contributed by atoms with van der Waals surface area (Å²) in [4.78, 5) is 30.9. The van der Waals surface area contributed by atoms with Gasteiger partial charge in [0.25, 0.3) is 5.91 Å². The highest BCUT2D eigenvalue weighted by molar-refractivity contribution is 6.10. The fourth-order valence-corrected chi connectivity index (χ4v) is 2.48. The number of anilines is 1. The maximum Gasteiger partial charge on any atom is 0.253 e. The lowest BCUT2D eigenvalue weighted by atomic mass is 9.91. The Labute approximate surface area is 119 Å². The number of nitrogens with one attached hydrogen (secondary N) is 1. The molecule has 1 fully saturated rings. The number of rotatable bonds is 2. The van der Waals surface area contributed by atoms with Gasteiger partial charge in [0.1, 0.15) is 11.6 Å². The van der Waals surface area contributed by atoms with Gasteiger partial charge in [0.2, 0.25) is 5.91 Å². The van der Waals surface area contributed by atoms with E-state index >= 15 is 0 Å². The molecule has 5 nitrogen and oxygen atoms in total. The van der Waals surface area contributed by atoms with Crippen LogP contribution in [0.25, 0.3) is 0 Å². The molecule has 1 aliphatic rings. The summed E-state index contributed by atoms with van der Waals surface area (Å²) in [5.74, 6) is -0.213. The van der Waals surface area contributed by atoms with Crippen molar-refractivity contribution in [2.75, 3.05) is 4.90 Å². The van der Waals surface area contributed by atoms with Crippen LogP contribution >= 0.6 is 0 Å². The van der Waals surface area contributed by atoms with E-state index in [0.29, 0.717) is 12.1 Å². The second kappa shape index (κ2) is 4.89. The molecule has 2 unspecified atom stereocenters. The Kier molecular flexibility index (Phi) is 3.54. The molecule has 2 heterocycles. The first-order valence-electron chi connectivity index (χ1n) is 6.90. The van der Waals surface area contributed by atoms with Crippen LogP contribution in [0.2, 0.25) is 0 Å². The molecule has 20 heavy (non-hydrogen) atoms. The van der Waals surface area contributed by atoms with E-state index in [0.717, 1.165) is 11.4 Å². The molecule has 0 spiro atoms. The second-order valence-electron chi connectivity index (χ2n) is 5.58. The van der Waals surface area contributed by atoms with Crippen molar-refractivity contribution in [2.45, 2.75) is 52.6 Å². The first-order chi connectivity index (χ1) is 9.30. The first kappa shape index (κ1) is 14.5. The Hall–Kier alpha value is -1.91. The minimum atomic E-state index is -0.846. The number of hydrogen-bond acceptors (Lipinski definition) is 3. The van der Waals surface area contributed by atoms with Gasteiger partial charge in [0.15, 0.2) is 0 Å². The quantitative estimate of drug-likeness (QED) is 0.894. The first-order valence-corrected chi connectivity index (χ1v) is 6.90. The smallest absolute Gasteiger partial charge is 0.253 e. The molecule has 0 radical (unpaired) electrons. The van der Waals surface area contributed by atoms with Gasteiger partial charge in [0.05, 0.1) is 11.4 Å². The van der Waals surface area contributed by atoms with Crippen LogP contribution in [0.3, 0.4) is 0 Å². The van der Waals surface area contributed by atoms with Crippen molar-refractivity contribution in [1.82, 2.24) is 10.3 Å². The number of hydrogen-bond donors (Lipinski definition) is 1. The maximum absolute atomic E-state index is 12.8. The Balaban J connectivity index is 2.51. The molecular formula is C15H21N3O2. The Bertz CT molecular complexity index is 570. The van der Waals surface area contributed by atoms with Gasteiger partial charge in [-0.15, -0.1) is 0 Å². The fourth-order valence-electron chi connectivity index (χ4n) is 2.48. The zero-order valence-corrected chi connectivity index (χ0v) is 12.7. The Morgan fingerprint density at radius 1 is 1.35 bits per heavy atom. The fraction of sp³-hybridized carbons (Fsp3) is 0.533. The lowest BCUT2D eigenvalue weighted by Crippen LogP contribution is -2.68. The van der Waals surface area contributed by atoms with Crippen LogP contribution < -0.4 is 10.2 Å². The third kappa shape index (κ3) is 2.17. The van der Waals surface area contributed by atoms with Crippen molar-refractivity contribution >= 4 is 17.5 Å². The molecule has 1 aliphatic heterocycles. The van der Waals surface area contributed by atoms with Crippen LogP contribution in [-0.2, 0) is 9.59 Å². The highest BCUT2D eigenvalue weighted by Gasteiger charge is 2.46. The largest absolute Gasteiger partial charge is 0.340 e. The van der Waals surface area contributed by atoms with Gasteiger partial charge in [-0.05, 0) is 46.2 Å². The van der Waals surface area contributed by atoms with Crippen molar-refractivity contribution in [1.29, 1.82) is 0 Å². The molecule has 0 aliphatic carbocycles. The summed E-state index contributed by atoms with van der Waals surface area (Å²) in [6.45, 7) is 9.16. The third-order valence-corrected chi connectivity index (χ3v) is 4.02. The molecule has 0 saturated carbocycles. The van der Waals surface area contributed by atoms with Crippen LogP contribution in [0.4, 0.5) is 5.69 Å². The standard InChI is InChI=1S/C15H21N3O2/c1-6-15(5)14(20)18(11(4)13(19)17-15)12-8-7-9(2)16-10(12)3/h7-8,11H,6H2,1-5H3,(H,17,19). The maximum atomic E-state index is 12.8. The minimum absolute atomic E-state index is 0.0825. The molecule has 1 aromatic heterocycles. The molecular weight excluding hydrogens is 254 g/mol. The summed E-state index contributed by atoms with van der Waals surface area (Å²) in [6.07, 6.45) is 0.555. The Morgan fingerprint density at radius 2 is 2.00 bits per heavy atom. The van der Waals surface area contributed by atoms with E-state index in [4.69, 9.17) is 0 Å². The van der Waals surface area contributed by atoms with Gasteiger partial charge in [0, 0.05) is 5.69 Å². The van der Waals surface area contributed by atoms with E-state index in [1.165, 1.54) is 0 Å². The number of amides is 2. The zero-order valence-electron chi connectivity index (χ0n) is 12.7. The number of pyridine rings is 1. The summed E-state index contributed by atoms with van der Waals surface area (Å²) in [5, 5.41) is 2.82. The topological polar surface area (TPSA) is 62.3 Å². The molecule has 108 valence electrons. The summed E-state index contributed by atoms with van der Waals surface area (Å²) in [7, 11) is 0. The van der Waals surface area contributed by atoms with Crippen LogP contribution in [0.5, 0.6) is 0 Å². The summed E-state index contributed by atoms with van der Waals surface area (Å²) >= 11 is 0.